The average Bonchev–Trinajstić information content (AvgIpc) is 2.75. The molecule has 0 amide bonds. The molecule has 1 aromatic carbocycles. The van der Waals surface area contributed by atoms with Crippen LogP contribution in [0.15, 0.2) is 29.2 Å². The van der Waals surface area contributed by atoms with E-state index in [9.17, 15) is 18.5 Å². The van der Waals surface area contributed by atoms with Crippen LogP contribution < -0.4 is 10.0 Å². The van der Waals surface area contributed by atoms with Crippen molar-refractivity contribution in [3.63, 3.8) is 0 Å². The molecule has 8 heteroatoms. The molecule has 0 aliphatic carbocycles. The van der Waals surface area contributed by atoms with E-state index in [4.69, 9.17) is 0 Å². The number of nitrogens with zero attached hydrogens (tertiary/aromatic N) is 1. The quantitative estimate of drug-likeness (QED) is 0.624. The minimum Gasteiger partial charge on any atom is -0.315 e. The van der Waals surface area contributed by atoms with Crippen LogP contribution in [-0.4, -0.2) is 32.0 Å². The van der Waals surface area contributed by atoms with E-state index >= 15 is 0 Å². The molecule has 1 aromatic rings. The molecular formula is C11H15N3O4S. The molecule has 104 valence electrons. The highest BCUT2D eigenvalue weighted by Gasteiger charge is 2.33. The molecule has 19 heavy (non-hydrogen) atoms. The Bertz CT molecular complexity index is 594. The van der Waals surface area contributed by atoms with Crippen LogP contribution in [0.3, 0.4) is 0 Å². The maximum atomic E-state index is 12.2. The van der Waals surface area contributed by atoms with E-state index in [-0.39, 0.29) is 10.6 Å². The molecule has 1 unspecified atom stereocenters. The molecule has 1 saturated heterocycles. The lowest BCUT2D eigenvalue weighted by Crippen LogP contribution is -2.47. The Morgan fingerprint density at radius 1 is 1.47 bits per heavy atom. The largest absolute Gasteiger partial charge is 0.315 e. The summed E-state index contributed by atoms with van der Waals surface area (Å²) in [6.45, 7) is 3.09. The lowest BCUT2D eigenvalue weighted by molar-refractivity contribution is -0.385. The van der Waals surface area contributed by atoms with Crippen molar-refractivity contribution in [2.45, 2.75) is 23.8 Å². The van der Waals surface area contributed by atoms with Gasteiger partial charge < -0.3 is 5.32 Å². The van der Waals surface area contributed by atoms with Gasteiger partial charge in [-0.2, -0.15) is 0 Å². The van der Waals surface area contributed by atoms with E-state index in [1.165, 1.54) is 18.2 Å². The lowest BCUT2D eigenvalue weighted by Gasteiger charge is -2.24. The van der Waals surface area contributed by atoms with Gasteiger partial charge >= 0.3 is 0 Å². The SMILES string of the molecule is CC1(NS(=O)(=O)c2cccc([N+](=O)[O-])c2)CCNC1. The zero-order valence-corrected chi connectivity index (χ0v) is 11.2. The van der Waals surface area contributed by atoms with E-state index in [0.717, 1.165) is 12.6 Å². The third-order valence-corrected chi connectivity index (χ3v) is 4.72. The van der Waals surface area contributed by atoms with Crippen molar-refractivity contribution in [2.75, 3.05) is 13.1 Å². The van der Waals surface area contributed by atoms with E-state index in [1.54, 1.807) is 0 Å². The Morgan fingerprint density at radius 3 is 2.79 bits per heavy atom. The maximum absolute atomic E-state index is 12.2. The first kappa shape index (κ1) is 13.9. The van der Waals surface area contributed by atoms with Crippen molar-refractivity contribution in [2.24, 2.45) is 0 Å². The Labute approximate surface area is 111 Å². The molecule has 2 rings (SSSR count). The molecule has 0 radical (unpaired) electrons. The van der Waals surface area contributed by atoms with Gasteiger partial charge in [-0.05, 0) is 26.0 Å². The molecule has 0 bridgehead atoms. The Kier molecular flexibility index (Phi) is 3.57. The maximum Gasteiger partial charge on any atom is 0.270 e. The Morgan fingerprint density at radius 2 is 2.21 bits per heavy atom. The molecule has 2 N–H and O–H groups in total. The molecule has 7 nitrogen and oxygen atoms in total. The number of hydrogen-bond donors (Lipinski definition) is 2. The first-order chi connectivity index (χ1) is 8.82. The fourth-order valence-electron chi connectivity index (χ4n) is 2.05. The third-order valence-electron chi connectivity index (χ3n) is 3.09. The first-order valence-corrected chi connectivity index (χ1v) is 7.30. The monoisotopic (exact) mass is 285 g/mol. The average molecular weight is 285 g/mol. The second-order valence-electron chi connectivity index (χ2n) is 4.85. The van der Waals surface area contributed by atoms with Crippen LogP contribution in [0.25, 0.3) is 0 Å². The summed E-state index contributed by atoms with van der Waals surface area (Å²) in [4.78, 5) is 9.97. The van der Waals surface area contributed by atoms with Gasteiger partial charge in [0.25, 0.3) is 5.69 Å². The highest BCUT2D eigenvalue weighted by molar-refractivity contribution is 7.89. The number of rotatable bonds is 4. The van der Waals surface area contributed by atoms with Crippen LogP contribution in [-0.2, 0) is 10.0 Å². The van der Waals surface area contributed by atoms with Gasteiger partial charge in [0.2, 0.25) is 10.0 Å². The molecule has 1 fully saturated rings. The van der Waals surface area contributed by atoms with Crippen LogP contribution in [0, 0.1) is 10.1 Å². The van der Waals surface area contributed by atoms with Crippen molar-refractivity contribution < 1.29 is 13.3 Å². The second-order valence-corrected chi connectivity index (χ2v) is 6.53. The van der Waals surface area contributed by atoms with Crippen LogP contribution in [0.5, 0.6) is 0 Å². The van der Waals surface area contributed by atoms with Gasteiger partial charge in [0, 0.05) is 24.2 Å². The zero-order valence-electron chi connectivity index (χ0n) is 10.4. The van der Waals surface area contributed by atoms with E-state index in [1.807, 2.05) is 6.92 Å². The van der Waals surface area contributed by atoms with Crippen LogP contribution in [0.1, 0.15) is 13.3 Å². The van der Waals surface area contributed by atoms with Gasteiger partial charge in [-0.25, -0.2) is 13.1 Å². The van der Waals surface area contributed by atoms with Gasteiger partial charge in [-0.3, -0.25) is 10.1 Å². The van der Waals surface area contributed by atoms with Gasteiger partial charge in [0.1, 0.15) is 0 Å². The van der Waals surface area contributed by atoms with E-state index in [2.05, 4.69) is 10.0 Å². The number of nitro benzene ring substituents is 1. The predicted octanol–water partition coefficient (Wildman–Crippen LogP) is 0.625. The Hall–Kier alpha value is -1.51. The summed E-state index contributed by atoms with van der Waals surface area (Å²) in [6.07, 6.45) is 0.682. The second kappa shape index (κ2) is 4.87. The van der Waals surface area contributed by atoms with Crippen molar-refractivity contribution >= 4 is 15.7 Å². The summed E-state index contributed by atoms with van der Waals surface area (Å²) in [5.74, 6) is 0. The highest BCUT2D eigenvalue weighted by Crippen LogP contribution is 2.21. The third kappa shape index (κ3) is 3.09. The minimum atomic E-state index is -3.75. The minimum absolute atomic E-state index is 0.0881. The normalized spacial score (nSPS) is 23.4. The van der Waals surface area contributed by atoms with E-state index in [0.29, 0.717) is 13.0 Å². The van der Waals surface area contributed by atoms with Crippen LogP contribution in [0.2, 0.25) is 0 Å². The summed E-state index contributed by atoms with van der Waals surface area (Å²) in [5.41, 5.74) is -0.790. The van der Waals surface area contributed by atoms with Crippen molar-refractivity contribution in [1.82, 2.24) is 10.0 Å². The summed E-state index contributed by atoms with van der Waals surface area (Å²) in [6, 6.07) is 5.04. The van der Waals surface area contributed by atoms with Gasteiger partial charge in [0.05, 0.1) is 9.82 Å². The summed E-state index contributed by atoms with van der Waals surface area (Å²) < 4.78 is 27.0. The van der Waals surface area contributed by atoms with Gasteiger partial charge in [-0.1, -0.05) is 6.07 Å². The lowest BCUT2D eigenvalue weighted by atomic mass is 10.0. The Balaban J connectivity index is 2.29. The molecule has 1 aliphatic rings. The summed E-state index contributed by atoms with van der Waals surface area (Å²) in [5, 5.41) is 13.7. The van der Waals surface area contributed by atoms with Crippen molar-refractivity contribution in [1.29, 1.82) is 0 Å². The number of sulfonamides is 1. The van der Waals surface area contributed by atoms with Crippen LogP contribution in [0.4, 0.5) is 5.69 Å². The van der Waals surface area contributed by atoms with E-state index < -0.39 is 20.5 Å². The van der Waals surface area contributed by atoms with Crippen molar-refractivity contribution in [3.8, 4) is 0 Å². The number of non-ortho nitro benzene ring substituents is 1. The predicted molar refractivity (Wildman–Crippen MR) is 69.3 cm³/mol. The molecule has 0 aromatic heterocycles. The topological polar surface area (TPSA) is 101 Å². The standard InChI is InChI=1S/C11H15N3O4S/c1-11(5-6-12-8-11)13-19(17,18)10-4-2-3-9(7-10)14(15)16/h2-4,7,12-13H,5-6,8H2,1H3. The highest BCUT2D eigenvalue weighted by atomic mass is 32.2. The fraction of sp³-hybridized carbons (Fsp3) is 0.455. The number of hydrogen-bond acceptors (Lipinski definition) is 5. The van der Waals surface area contributed by atoms with Gasteiger partial charge in [-0.15, -0.1) is 0 Å². The number of nitro groups is 1. The number of nitrogens with one attached hydrogen (secondary N) is 2. The first-order valence-electron chi connectivity index (χ1n) is 5.82. The van der Waals surface area contributed by atoms with Crippen LogP contribution >= 0.6 is 0 Å². The zero-order chi connectivity index (χ0) is 14.1. The fourth-order valence-corrected chi connectivity index (χ4v) is 3.53. The molecule has 0 saturated carbocycles. The van der Waals surface area contributed by atoms with Gasteiger partial charge in [0.15, 0.2) is 0 Å². The smallest absolute Gasteiger partial charge is 0.270 e. The molecule has 1 atom stereocenters. The molecule has 1 heterocycles. The van der Waals surface area contributed by atoms with Crippen molar-refractivity contribution in [3.05, 3.63) is 34.4 Å². The summed E-state index contributed by atoms with van der Waals surface area (Å²) in [7, 11) is -3.75. The molecular weight excluding hydrogens is 270 g/mol. The summed E-state index contributed by atoms with van der Waals surface area (Å²) >= 11 is 0. The molecule has 0 spiro atoms. The molecule has 1 aliphatic heterocycles. The number of benzene rings is 1.